The fraction of sp³-hybridized carbons (Fsp3) is 0.240. The average molecular weight is 392 g/mol. The molecule has 0 saturated carbocycles. The summed E-state index contributed by atoms with van der Waals surface area (Å²) in [6.07, 6.45) is 1.36. The molecule has 0 atom stereocenters. The summed E-state index contributed by atoms with van der Waals surface area (Å²) in [6, 6.07) is 15.6. The predicted molar refractivity (Wildman–Crippen MR) is 116 cm³/mol. The zero-order chi connectivity index (χ0) is 21.2. The highest BCUT2D eigenvalue weighted by Crippen LogP contribution is 2.24. The van der Waals surface area contributed by atoms with Crippen molar-refractivity contribution < 1.29 is 19.0 Å². The maximum atomic E-state index is 11.5. The van der Waals surface area contributed by atoms with Gasteiger partial charge in [0, 0.05) is 18.4 Å². The SMILES string of the molecule is C=C(C)C(=C)OCCc1cccc(Oc2cccc(CCOC(=O)C(=C)C)c2)c1. The van der Waals surface area contributed by atoms with Crippen LogP contribution in [-0.4, -0.2) is 19.2 Å². The Hall–Kier alpha value is -3.27. The molecule has 2 rings (SSSR count). The molecule has 2 aromatic carbocycles. The van der Waals surface area contributed by atoms with Gasteiger partial charge in [-0.05, 0) is 54.8 Å². The average Bonchev–Trinajstić information content (AvgIpc) is 2.68. The summed E-state index contributed by atoms with van der Waals surface area (Å²) in [7, 11) is 0. The highest BCUT2D eigenvalue weighted by Gasteiger charge is 2.05. The Morgan fingerprint density at radius 1 is 0.793 bits per heavy atom. The second-order valence-electron chi connectivity index (χ2n) is 6.87. The zero-order valence-electron chi connectivity index (χ0n) is 17.2. The van der Waals surface area contributed by atoms with Gasteiger partial charge in [0.15, 0.2) is 0 Å². The Kier molecular flexibility index (Phi) is 8.28. The smallest absolute Gasteiger partial charge is 0.333 e. The van der Waals surface area contributed by atoms with Gasteiger partial charge < -0.3 is 14.2 Å². The molecule has 0 amide bonds. The highest BCUT2D eigenvalue weighted by molar-refractivity contribution is 5.86. The van der Waals surface area contributed by atoms with E-state index >= 15 is 0 Å². The number of carbonyl (C=O) groups is 1. The number of carbonyl (C=O) groups excluding carboxylic acids is 1. The molecular formula is C25H28O4. The number of allylic oxidation sites excluding steroid dienone is 1. The van der Waals surface area contributed by atoms with Crippen LogP contribution < -0.4 is 4.74 Å². The number of rotatable bonds is 11. The first-order valence-electron chi connectivity index (χ1n) is 9.51. The molecule has 0 bridgehead atoms. The van der Waals surface area contributed by atoms with Gasteiger partial charge >= 0.3 is 5.97 Å². The van der Waals surface area contributed by atoms with Crippen molar-refractivity contribution in [2.24, 2.45) is 0 Å². The molecule has 0 aliphatic carbocycles. The van der Waals surface area contributed by atoms with Crippen molar-refractivity contribution in [1.82, 2.24) is 0 Å². The first-order chi connectivity index (χ1) is 13.8. The van der Waals surface area contributed by atoms with Gasteiger partial charge in [-0.15, -0.1) is 0 Å². The Bertz CT molecular complexity index is 822. The van der Waals surface area contributed by atoms with E-state index in [-0.39, 0.29) is 5.97 Å². The molecule has 29 heavy (non-hydrogen) atoms. The van der Waals surface area contributed by atoms with Crippen LogP contribution in [0.2, 0.25) is 0 Å². The molecule has 152 valence electrons. The lowest BCUT2D eigenvalue weighted by atomic mass is 10.1. The largest absolute Gasteiger partial charge is 0.494 e. The maximum Gasteiger partial charge on any atom is 0.333 e. The van der Waals surface area contributed by atoms with Crippen molar-refractivity contribution in [1.29, 1.82) is 0 Å². The molecule has 0 radical (unpaired) electrons. The minimum atomic E-state index is -0.370. The highest BCUT2D eigenvalue weighted by atomic mass is 16.5. The third-order valence-electron chi connectivity index (χ3n) is 4.15. The Balaban J connectivity index is 1.91. The molecule has 0 saturated heterocycles. The van der Waals surface area contributed by atoms with E-state index in [0.29, 0.717) is 31.0 Å². The van der Waals surface area contributed by atoms with Gasteiger partial charge in [0.2, 0.25) is 0 Å². The number of hydrogen-bond donors (Lipinski definition) is 0. The van der Waals surface area contributed by atoms with E-state index in [1.54, 1.807) is 6.92 Å². The molecule has 0 spiro atoms. The van der Waals surface area contributed by atoms with Gasteiger partial charge in [0.1, 0.15) is 17.3 Å². The second kappa shape index (κ2) is 10.9. The molecular weight excluding hydrogens is 364 g/mol. The van der Waals surface area contributed by atoms with Crippen molar-refractivity contribution in [3.63, 3.8) is 0 Å². The van der Waals surface area contributed by atoms with Crippen LogP contribution in [0, 0.1) is 0 Å². The van der Waals surface area contributed by atoms with Crippen molar-refractivity contribution in [2.75, 3.05) is 13.2 Å². The van der Waals surface area contributed by atoms with Crippen molar-refractivity contribution in [2.45, 2.75) is 26.7 Å². The fourth-order valence-corrected chi connectivity index (χ4v) is 2.47. The minimum absolute atomic E-state index is 0.306. The van der Waals surface area contributed by atoms with Gasteiger partial charge in [-0.2, -0.15) is 0 Å². The Morgan fingerprint density at radius 2 is 1.31 bits per heavy atom. The van der Waals surface area contributed by atoms with Crippen molar-refractivity contribution >= 4 is 5.97 Å². The van der Waals surface area contributed by atoms with Crippen molar-refractivity contribution in [3.05, 3.63) is 96.3 Å². The summed E-state index contributed by atoms with van der Waals surface area (Å²) in [5, 5.41) is 0. The van der Waals surface area contributed by atoms with Crippen LogP contribution in [0.15, 0.2) is 85.2 Å². The summed E-state index contributed by atoms with van der Waals surface area (Å²) < 4.78 is 16.7. The zero-order valence-corrected chi connectivity index (χ0v) is 17.2. The third kappa shape index (κ3) is 7.70. The number of esters is 1. The molecule has 2 aromatic rings. The predicted octanol–water partition coefficient (Wildman–Crippen LogP) is 5.79. The van der Waals surface area contributed by atoms with E-state index in [2.05, 4.69) is 19.7 Å². The Labute approximate surface area is 173 Å². The molecule has 0 unspecified atom stereocenters. The van der Waals surface area contributed by atoms with Gasteiger partial charge in [-0.3, -0.25) is 0 Å². The molecule has 4 nitrogen and oxygen atoms in total. The fourth-order valence-electron chi connectivity index (χ4n) is 2.47. The lowest BCUT2D eigenvalue weighted by Gasteiger charge is -2.11. The van der Waals surface area contributed by atoms with Gasteiger partial charge in [0.05, 0.1) is 13.2 Å². The summed E-state index contributed by atoms with van der Waals surface area (Å²) in [6.45, 7) is 15.6. The van der Waals surface area contributed by atoms with Gasteiger partial charge in [0.25, 0.3) is 0 Å². The Morgan fingerprint density at radius 3 is 1.79 bits per heavy atom. The van der Waals surface area contributed by atoms with Crippen molar-refractivity contribution in [3.8, 4) is 11.5 Å². The molecule has 0 fully saturated rings. The standard InChI is InChI=1S/C25H28O4/c1-18(2)20(5)27-14-12-21-8-6-10-23(16-21)29-24-11-7-9-22(17-24)13-15-28-25(26)19(3)4/h6-11,16-17H,1,3,5,12-15H2,2,4H3. The van der Waals surface area contributed by atoms with Gasteiger partial charge in [-0.25, -0.2) is 4.79 Å². The monoisotopic (exact) mass is 392 g/mol. The van der Waals surface area contributed by atoms with E-state index in [0.717, 1.165) is 34.6 Å². The first kappa shape index (κ1) is 22.0. The first-order valence-corrected chi connectivity index (χ1v) is 9.51. The number of benzene rings is 2. The third-order valence-corrected chi connectivity index (χ3v) is 4.15. The number of hydrogen-bond acceptors (Lipinski definition) is 4. The second-order valence-corrected chi connectivity index (χ2v) is 6.87. The maximum absolute atomic E-state index is 11.5. The molecule has 0 aliphatic rings. The van der Waals surface area contributed by atoms with Crippen LogP contribution in [0.25, 0.3) is 0 Å². The normalized spacial score (nSPS) is 10.1. The van der Waals surface area contributed by atoms with Crippen LogP contribution >= 0.6 is 0 Å². The van der Waals surface area contributed by atoms with Crippen LogP contribution in [0.4, 0.5) is 0 Å². The van der Waals surface area contributed by atoms with E-state index in [4.69, 9.17) is 14.2 Å². The van der Waals surface area contributed by atoms with Crippen LogP contribution in [-0.2, 0) is 27.1 Å². The van der Waals surface area contributed by atoms with E-state index in [1.165, 1.54) is 0 Å². The molecule has 0 N–H and O–H groups in total. The van der Waals surface area contributed by atoms with E-state index < -0.39 is 0 Å². The molecule has 4 heteroatoms. The molecule has 0 heterocycles. The summed E-state index contributed by atoms with van der Waals surface area (Å²) in [5.74, 6) is 1.73. The summed E-state index contributed by atoms with van der Waals surface area (Å²) >= 11 is 0. The summed E-state index contributed by atoms with van der Waals surface area (Å²) in [5.41, 5.74) is 3.37. The number of ether oxygens (including phenoxy) is 3. The molecule has 0 aromatic heterocycles. The van der Waals surface area contributed by atoms with Crippen LogP contribution in [0.3, 0.4) is 0 Å². The minimum Gasteiger partial charge on any atom is -0.494 e. The van der Waals surface area contributed by atoms with E-state index in [1.807, 2.05) is 55.5 Å². The van der Waals surface area contributed by atoms with Gasteiger partial charge in [-0.1, -0.05) is 44.0 Å². The lowest BCUT2D eigenvalue weighted by Crippen LogP contribution is -2.08. The lowest BCUT2D eigenvalue weighted by molar-refractivity contribution is -0.138. The van der Waals surface area contributed by atoms with Crippen LogP contribution in [0.5, 0.6) is 11.5 Å². The summed E-state index contributed by atoms with van der Waals surface area (Å²) in [4.78, 5) is 11.5. The quantitative estimate of drug-likeness (QED) is 0.210. The van der Waals surface area contributed by atoms with Crippen LogP contribution in [0.1, 0.15) is 25.0 Å². The molecule has 0 aliphatic heterocycles. The topological polar surface area (TPSA) is 44.8 Å². The van der Waals surface area contributed by atoms with E-state index in [9.17, 15) is 4.79 Å².